The van der Waals surface area contributed by atoms with Gasteiger partial charge < -0.3 is 14.4 Å². The van der Waals surface area contributed by atoms with Gasteiger partial charge in [-0.15, -0.1) is 6.42 Å². The van der Waals surface area contributed by atoms with E-state index in [0.717, 1.165) is 59.4 Å². The molecule has 0 amide bonds. The van der Waals surface area contributed by atoms with Crippen LogP contribution in [0.3, 0.4) is 0 Å². The molecule has 0 fully saturated rings. The lowest BCUT2D eigenvalue weighted by Crippen LogP contribution is -2.38. The highest BCUT2D eigenvalue weighted by Gasteiger charge is 2.43. The van der Waals surface area contributed by atoms with Crippen LogP contribution in [0.5, 0.6) is 11.5 Å². The van der Waals surface area contributed by atoms with Crippen molar-refractivity contribution in [3.05, 3.63) is 82.2 Å². The SMILES string of the molecule is C#CCOc1ccc(C2C3=C(CCCC3=O)N(Cc3ccccc3)C3=C2C(=O)CCC3)cc1OC. The summed E-state index contributed by atoms with van der Waals surface area (Å²) in [5.74, 6) is 3.43. The van der Waals surface area contributed by atoms with E-state index in [0.29, 0.717) is 30.9 Å². The molecule has 0 N–H and O–H groups in total. The molecule has 0 spiro atoms. The number of hydrogen-bond donors (Lipinski definition) is 0. The van der Waals surface area contributed by atoms with Crippen molar-refractivity contribution in [3.63, 3.8) is 0 Å². The average molecular weight is 468 g/mol. The van der Waals surface area contributed by atoms with E-state index >= 15 is 0 Å². The summed E-state index contributed by atoms with van der Waals surface area (Å²) < 4.78 is 11.2. The van der Waals surface area contributed by atoms with Crippen LogP contribution >= 0.6 is 0 Å². The maximum Gasteiger partial charge on any atom is 0.162 e. The third kappa shape index (κ3) is 4.25. The molecule has 5 nitrogen and oxygen atoms in total. The molecule has 5 heteroatoms. The van der Waals surface area contributed by atoms with Crippen molar-refractivity contribution in [1.82, 2.24) is 4.90 Å². The van der Waals surface area contributed by atoms with Crippen LogP contribution in [0.25, 0.3) is 0 Å². The summed E-state index contributed by atoms with van der Waals surface area (Å²) >= 11 is 0. The molecule has 0 bridgehead atoms. The molecule has 0 atom stereocenters. The molecule has 5 rings (SSSR count). The normalized spacial score (nSPS) is 18.2. The van der Waals surface area contributed by atoms with E-state index in [2.05, 4.69) is 23.0 Å². The summed E-state index contributed by atoms with van der Waals surface area (Å²) in [6.45, 7) is 0.795. The zero-order valence-corrected chi connectivity index (χ0v) is 20.0. The predicted molar refractivity (Wildman–Crippen MR) is 134 cm³/mol. The van der Waals surface area contributed by atoms with E-state index < -0.39 is 0 Å². The smallest absolute Gasteiger partial charge is 0.162 e. The number of Topliss-reactive ketones (excluding diaryl/α,β-unsaturated/α-hetero) is 2. The van der Waals surface area contributed by atoms with Gasteiger partial charge in [-0.2, -0.15) is 0 Å². The van der Waals surface area contributed by atoms with E-state index in [-0.39, 0.29) is 24.1 Å². The Bertz CT molecular complexity index is 1220. The zero-order valence-electron chi connectivity index (χ0n) is 20.0. The molecule has 178 valence electrons. The molecular formula is C30H29NO4. The molecule has 0 saturated carbocycles. The van der Waals surface area contributed by atoms with E-state index in [1.807, 2.05) is 36.4 Å². The summed E-state index contributed by atoms with van der Waals surface area (Å²) in [5.41, 5.74) is 5.70. The minimum atomic E-state index is -0.386. The summed E-state index contributed by atoms with van der Waals surface area (Å²) in [4.78, 5) is 29.2. The number of rotatable bonds is 6. The van der Waals surface area contributed by atoms with Crippen molar-refractivity contribution >= 4 is 11.6 Å². The third-order valence-electron chi connectivity index (χ3n) is 7.10. The predicted octanol–water partition coefficient (Wildman–Crippen LogP) is 5.32. The second kappa shape index (κ2) is 9.84. The van der Waals surface area contributed by atoms with Crippen LogP contribution in [0.2, 0.25) is 0 Å². The van der Waals surface area contributed by atoms with Crippen LogP contribution < -0.4 is 9.47 Å². The Labute approximate surface area is 206 Å². The van der Waals surface area contributed by atoms with Crippen molar-refractivity contribution in [2.45, 2.75) is 51.0 Å². The van der Waals surface area contributed by atoms with Crippen molar-refractivity contribution < 1.29 is 19.1 Å². The lowest BCUT2D eigenvalue weighted by Gasteiger charge is -2.44. The number of nitrogens with zero attached hydrogens (tertiary/aromatic N) is 1. The molecule has 1 heterocycles. The van der Waals surface area contributed by atoms with Crippen LogP contribution in [0.1, 0.15) is 55.6 Å². The van der Waals surface area contributed by atoms with Crippen molar-refractivity contribution in [3.8, 4) is 23.8 Å². The van der Waals surface area contributed by atoms with Gasteiger partial charge in [0.1, 0.15) is 6.61 Å². The molecule has 0 saturated heterocycles. The highest BCUT2D eigenvalue weighted by atomic mass is 16.5. The third-order valence-corrected chi connectivity index (χ3v) is 7.10. The second-order valence-electron chi connectivity index (χ2n) is 9.18. The molecule has 2 aliphatic carbocycles. The molecule has 0 aromatic heterocycles. The molecule has 1 aliphatic heterocycles. The standard InChI is InChI=1S/C30H29NO4/c1-3-17-35-26-16-15-21(18-27(26)34-2)28-29-22(11-7-13-24(29)32)31(19-20-9-5-4-6-10-20)23-12-8-14-25(33)30(23)28/h1,4-6,9-10,15-16,18,28H,7-8,11-14,17,19H2,2H3. The molecular weight excluding hydrogens is 438 g/mol. The van der Waals surface area contributed by atoms with Gasteiger partial charge in [0.05, 0.1) is 7.11 Å². The molecule has 2 aromatic carbocycles. The average Bonchev–Trinajstić information content (AvgIpc) is 2.89. The number of allylic oxidation sites excluding steroid dienone is 4. The number of ether oxygens (including phenoxy) is 2. The minimum Gasteiger partial charge on any atom is -0.493 e. The highest BCUT2D eigenvalue weighted by molar-refractivity contribution is 6.06. The van der Waals surface area contributed by atoms with Crippen LogP contribution in [0, 0.1) is 12.3 Å². The fourth-order valence-corrected chi connectivity index (χ4v) is 5.61. The Hall–Kier alpha value is -3.78. The van der Waals surface area contributed by atoms with E-state index in [4.69, 9.17) is 15.9 Å². The van der Waals surface area contributed by atoms with E-state index in [1.54, 1.807) is 7.11 Å². The summed E-state index contributed by atoms with van der Waals surface area (Å²) in [7, 11) is 1.58. The molecule has 2 aromatic rings. The second-order valence-corrected chi connectivity index (χ2v) is 9.18. The number of carbonyl (C=O) groups excluding carboxylic acids is 2. The number of carbonyl (C=O) groups is 2. The molecule has 0 unspecified atom stereocenters. The van der Waals surface area contributed by atoms with Crippen molar-refractivity contribution in [2.24, 2.45) is 0 Å². The van der Waals surface area contributed by atoms with Crippen molar-refractivity contribution in [1.29, 1.82) is 0 Å². The quantitative estimate of drug-likeness (QED) is 0.538. The lowest BCUT2D eigenvalue weighted by molar-refractivity contribution is -0.117. The van der Waals surface area contributed by atoms with Gasteiger partial charge in [0, 0.05) is 47.8 Å². The summed E-state index contributed by atoms with van der Waals surface area (Å²) in [5, 5.41) is 0. The lowest BCUT2D eigenvalue weighted by atomic mass is 9.71. The first-order chi connectivity index (χ1) is 17.1. The fraction of sp³-hybridized carbons (Fsp3) is 0.333. The Morgan fingerprint density at radius 1 is 0.914 bits per heavy atom. The Balaban J connectivity index is 1.66. The largest absolute Gasteiger partial charge is 0.493 e. The maximum absolute atomic E-state index is 13.5. The number of terminal acetylenes is 1. The molecule has 35 heavy (non-hydrogen) atoms. The van der Waals surface area contributed by atoms with Gasteiger partial charge in [-0.05, 0) is 48.9 Å². The Kier molecular flexibility index (Phi) is 6.46. The maximum atomic E-state index is 13.5. The summed E-state index contributed by atoms with van der Waals surface area (Å²) in [6.07, 6.45) is 9.68. The van der Waals surface area contributed by atoms with E-state index in [9.17, 15) is 9.59 Å². The van der Waals surface area contributed by atoms with Crippen LogP contribution in [0.4, 0.5) is 0 Å². The van der Waals surface area contributed by atoms with Gasteiger partial charge in [-0.25, -0.2) is 0 Å². The zero-order chi connectivity index (χ0) is 24.4. The monoisotopic (exact) mass is 467 g/mol. The Morgan fingerprint density at radius 2 is 1.57 bits per heavy atom. The van der Waals surface area contributed by atoms with Crippen LogP contribution in [-0.2, 0) is 16.1 Å². The highest BCUT2D eigenvalue weighted by Crippen LogP contribution is 2.50. The number of benzene rings is 2. The van der Waals surface area contributed by atoms with Gasteiger partial charge in [0.25, 0.3) is 0 Å². The van der Waals surface area contributed by atoms with Crippen LogP contribution in [0.15, 0.2) is 71.1 Å². The summed E-state index contributed by atoms with van der Waals surface area (Å²) in [6, 6.07) is 15.9. The van der Waals surface area contributed by atoms with E-state index in [1.165, 1.54) is 0 Å². The number of ketones is 2. The molecule has 0 radical (unpaired) electrons. The van der Waals surface area contributed by atoms with Gasteiger partial charge in [-0.1, -0.05) is 42.3 Å². The topological polar surface area (TPSA) is 55.8 Å². The minimum absolute atomic E-state index is 0.130. The fourth-order valence-electron chi connectivity index (χ4n) is 5.61. The van der Waals surface area contributed by atoms with Crippen molar-refractivity contribution in [2.75, 3.05) is 13.7 Å². The first-order valence-corrected chi connectivity index (χ1v) is 12.2. The Morgan fingerprint density at radius 3 is 2.17 bits per heavy atom. The van der Waals surface area contributed by atoms with Gasteiger partial charge >= 0.3 is 0 Å². The number of hydrogen-bond acceptors (Lipinski definition) is 5. The number of methoxy groups -OCH3 is 1. The van der Waals surface area contributed by atoms with Gasteiger partial charge in [0.15, 0.2) is 23.1 Å². The first kappa shape index (κ1) is 23.0. The van der Waals surface area contributed by atoms with Gasteiger partial charge in [-0.3, -0.25) is 9.59 Å². The first-order valence-electron chi connectivity index (χ1n) is 12.2. The van der Waals surface area contributed by atoms with Crippen LogP contribution in [-0.4, -0.2) is 30.2 Å². The van der Waals surface area contributed by atoms with Gasteiger partial charge in [0.2, 0.25) is 0 Å². The molecule has 3 aliphatic rings.